The molecule has 258 valence electrons. The van der Waals surface area contributed by atoms with E-state index in [4.69, 9.17) is 0 Å². The van der Waals surface area contributed by atoms with Crippen LogP contribution in [-0.2, 0) is 0 Å². The van der Waals surface area contributed by atoms with Crippen molar-refractivity contribution in [2.45, 2.75) is 0 Å². The van der Waals surface area contributed by atoms with E-state index in [2.05, 4.69) is 229 Å². The van der Waals surface area contributed by atoms with E-state index in [-0.39, 0.29) is 0 Å². The van der Waals surface area contributed by atoms with Gasteiger partial charge in [0.15, 0.2) is 0 Å². The van der Waals surface area contributed by atoms with Crippen molar-refractivity contribution in [2.75, 3.05) is 4.90 Å². The monoisotopic (exact) mass is 699 g/mol. The van der Waals surface area contributed by atoms with Gasteiger partial charge in [-0.2, -0.15) is 0 Å². The van der Waals surface area contributed by atoms with E-state index in [1.165, 1.54) is 76.8 Å². The highest BCUT2D eigenvalue weighted by atomic mass is 15.1. The average molecular weight is 700 g/mol. The van der Waals surface area contributed by atoms with Crippen LogP contribution >= 0.6 is 0 Å². The smallest absolute Gasteiger partial charge is 0.0540 e. The Morgan fingerprint density at radius 1 is 0.236 bits per heavy atom. The highest BCUT2D eigenvalue weighted by molar-refractivity contribution is 6.08. The Morgan fingerprint density at radius 2 is 0.727 bits per heavy atom. The van der Waals surface area contributed by atoms with E-state index in [0.717, 1.165) is 17.1 Å². The van der Waals surface area contributed by atoms with Crippen LogP contribution in [0.1, 0.15) is 0 Å². The van der Waals surface area contributed by atoms with Gasteiger partial charge in [-0.1, -0.05) is 194 Å². The second-order valence-corrected chi connectivity index (χ2v) is 14.1. The molecule has 0 N–H and O–H groups in total. The van der Waals surface area contributed by atoms with Crippen molar-refractivity contribution in [1.82, 2.24) is 0 Å². The molecule has 10 aromatic rings. The van der Waals surface area contributed by atoms with Gasteiger partial charge in [0.25, 0.3) is 0 Å². The maximum atomic E-state index is 2.44. The molecule has 0 aliphatic rings. The summed E-state index contributed by atoms with van der Waals surface area (Å²) in [5, 5.41) is 7.50. The van der Waals surface area contributed by atoms with Gasteiger partial charge < -0.3 is 4.90 Å². The van der Waals surface area contributed by atoms with Crippen molar-refractivity contribution in [3.8, 4) is 44.5 Å². The molecular formula is C54H37N. The molecule has 0 amide bonds. The van der Waals surface area contributed by atoms with Crippen molar-refractivity contribution >= 4 is 49.4 Å². The number of fused-ring (bicyclic) bond motifs is 4. The lowest BCUT2D eigenvalue weighted by Crippen LogP contribution is -2.12. The van der Waals surface area contributed by atoms with E-state index in [0.29, 0.717) is 0 Å². The highest BCUT2D eigenvalue weighted by Gasteiger charge is 2.21. The molecule has 0 atom stereocenters. The van der Waals surface area contributed by atoms with Crippen LogP contribution in [0.2, 0.25) is 0 Å². The number of nitrogens with zero attached hydrogens (tertiary/aromatic N) is 1. The van der Waals surface area contributed by atoms with Gasteiger partial charge in [0.05, 0.1) is 11.4 Å². The molecule has 0 aliphatic carbocycles. The number of benzene rings is 10. The fourth-order valence-electron chi connectivity index (χ4n) is 8.24. The molecule has 0 spiro atoms. The number of hydrogen-bond acceptors (Lipinski definition) is 1. The largest absolute Gasteiger partial charge is 0.309 e. The first-order valence-corrected chi connectivity index (χ1v) is 18.9. The van der Waals surface area contributed by atoms with Crippen LogP contribution in [0.25, 0.3) is 76.8 Å². The summed E-state index contributed by atoms with van der Waals surface area (Å²) >= 11 is 0. The third kappa shape index (κ3) is 5.93. The number of anilines is 3. The Bertz CT molecular complexity index is 2970. The first-order chi connectivity index (χ1) is 27.3. The minimum absolute atomic E-state index is 1.10. The lowest BCUT2D eigenvalue weighted by Gasteiger charge is -2.29. The maximum absolute atomic E-state index is 2.44. The molecule has 0 aliphatic heterocycles. The SMILES string of the molecule is c1ccc(-c2ccccc2-c2ccccc2-c2ccccc2N(c2ccc(-c3ccc4c(ccc5ccccc54)c3)cc2)c2cccc3ccccc23)cc1. The van der Waals surface area contributed by atoms with Gasteiger partial charge in [-0.05, 0) is 96.2 Å². The van der Waals surface area contributed by atoms with E-state index in [1.54, 1.807) is 0 Å². The summed E-state index contributed by atoms with van der Waals surface area (Å²) in [5.74, 6) is 0. The summed E-state index contributed by atoms with van der Waals surface area (Å²) in [6.07, 6.45) is 0. The predicted octanol–water partition coefficient (Wildman–Crippen LogP) is 15.3. The van der Waals surface area contributed by atoms with Crippen LogP contribution in [0.3, 0.4) is 0 Å². The molecule has 55 heavy (non-hydrogen) atoms. The van der Waals surface area contributed by atoms with Gasteiger partial charge in [0.2, 0.25) is 0 Å². The summed E-state index contributed by atoms with van der Waals surface area (Å²) in [6.45, 7) is 0. The van der Waals surface area contributed by atoms with Gasteiger partial charge in [-0.15, -0.1) is 0 Å². The Hall–Kier alpha value is -7.22. The maximum Gasteiger partial charge on any atom is 0.0540 e. The molecule has 0 saturated heterocycles. The van der Waals surface area contributed by atoms with Crippen molar-refractivity contribution < 1.29 is 0 Å². The zero-order valence-corrected chi connectivity index (χ0v) is 30.3. The van der Waals surface area contributed by atoms with Gasteiger partial charge in [0.1, 0.15) is 0 Å². The number of para-hydroxylation sites is 1. The topological polar surface area (TPSA) is 3.24 Å². The average Bonchev–Trinajstić information content (AvgIpc) is 3.27. The fourth-order valence-corrected chi connectivity index (χ4v) is 8.24. The van der Waals surface area contributed by atoms with Crippen molar-refractivity contribution in [3.05, 3.63) is 224 Å². The van der Waals surface area contributed by atoms with Gasteiger partial charge in [-0.25, -0.2) is 0 Å². The van der Waals surface area contributed by atoms with Crippen LogP contribution in [0.4, 0.5) is 17.1 Å². The zero-order chi connectivity index (χ0) is 36.6. The van der Waals surface area contributed by atoms with E-state index >= 15 is 0 Å². The van der Waals surface area contributed by atoms with Crippen LogP contribution in [0.5, 0.6) is 0 Å². The normalized spacial score (nSPS) is 11.3. The predicted molar refractivity (Wildman–Crippen MR) is 235 cm³/mol. The van der Waals surface area contributed by atoms with Crippen molar-refractivity contribution in [1.29, 1.82) is 0 Å². The third-order valence-electron chi connectivity index (χ3n) is 10.9. The standard InChI is InChI=1S/C54H37N/c1-2-15-39(16-3-1)46-21-8-9-23-49(46)50-24-10-11-25-51(50)52-26-12-13-27-54(52)55(53-28-14-19-40-17-5-7-22-48(40)53)44-34-31-38(32-35-44)42-33-36-47-43(37-42)30-29-41-18-4-6-20-45(41)47/h1-37H. The summed E-state index contributed by atoms with van der Waals surface area (Å²) < 4.78 is 0. The molecule has 1 heteroatoms. The van der Waals surface area contributed by atoms with Gasteiger partial charge in [-0.3, -0.25) is 0 Å². The van der Waals surface area contributed by atoms with Crippen LogP contribution in [0.15, 0.2) is 224 Å². The molecule has 10 aromatic carbocycles. The molecule has 1 nitrogen and oxygen atoms in total. The molecule has 0 aromatic heterocycles. The fraction of sp³-hybridized carbons (Fsp3) is 0. The van der Waals surface area contributed by atoms with Gasteiger partial charge >= 0.3 is 0 Å². The lowest BCUT2D eigenvalue weighted by molar-refractivity contribution is 1.30. The summed E-state index contributed by atoms with van der Waals surface area (Å²) in [7, 11) is 0. The van der Waals surface area contributed by atoms with Crippen LogP contribution < -0.4 is 4.90 Å². The van der Waals surface area contributed by atoms with E-state index < -0.39 is 0 Å². The Balaban J connectivity index is 1.13. The molecule has 0 fully saturated rings. The van der Waals surface area contributed by atoms with E-state index in [9.17, 15) is 0 Å². The molecular weight excluding hydrogens is 663 g/mol. The van der Waals surface area contributed by atoms with Crippen LogP contribution in [-0.4, -0.2) is 0 Å². The van der Waals surface area contributed by atoms with Gasteiger partial charge in [0, 0.05) is 16.6 Å². The zero-order valence-electron chi connectivity index (χ0n) is 30.3. The van der Waals surface area contributed by atoms with E-state index in [1.807, 2.05) is 0 Å². The quantitative estimate of drug-likeness (QED) is 0.150. The molecule has 0 unspecified atom stereocenters. The Kier molecular flexibility index (Phi) is 8.24. The first-order valence-electron chi connectivity index (χ1n) is 18.9. The molecule has 0 saturated carbocycles. The highest BCUT2D eigenvalue weighted by Crippen LogP contribution is 2.46. The summed E-state index contributed by atoms with van der Waals surface area (Å²) in [5.41, 5.74) is 12.9. The number of rotatable bonds is 7. The van der Waals surface area contributed by atoms with Crippen molar-refractivity contribution in [2.24, 2.45) is 0 Å². The summed E-state index contributed by atoms with van der Waals surface area (Å²) in [4.78, 5) is 2.44. The first kappa shape index (κ1) is 32.4. The summed E-state index contributed by atoms with van der Waals surface area (Å²) in [6, 6.07) is 81.5. The van der Waals surface area contributed by atoms with Crippen molar-refractivity contribution in [3.63, 3.8) is 0 Å². The lowest BCUT2D eigenvalue weighted by atomic mass is 9.88. The number of hydrogen-bond donors (Lipinski definition) is 0. The second-order valence-electron chi connectivity index (χ2n) is 14.1. The van der Waals surface area contributed by atoms with Crippen LogP contribution in [0, 0.1) is 0 Å². The Labute approximate surface area is 322 Å². The minimum atomic E-state index is 1.10. The molecule has 10 rings (SSSR count). The molecule has 0 heterocycles. The molecule has 0 bridgehead atoms. The minimum Gasteiger partial charge on any atom is -0.309 e. The second kappa shape index (κ2) is 14.0. The third-order valence-corrected chi connectivity index (χ3v) is 10.9. The molecule has 0 radical (unpaired) electrons. The Morgan fingerprint density at radius 3 is 1.49 bits per heavy atom.